The Labute approximate surface area is 99.3 Å². The largest absolute Gasteiger partial charge is 0.441 e. The van der Waals surface area contributed by atoms with E-state index >= 15 is 0 Å². The zero-order chi connectivity index (χ0) is 13.1. The normalized spacial score (nSPS) is 16.8. The summed E-state index contributed by atoms with van der Waals surface area (Å²) in [6, 6.07) is 5.33. The van der Waals surface area contributed by atoms with E-state index in [-0.39, 0.29) is 11.5 Å². The van der Waals surface area contributed by atoms with Crippen LogP contribution in [-0.2, 0) is 4.74 Å². The third kappa shape index (κ3) is 2.12. The van der Waals surface area contributed by atoms with E-state index in [9.17, 15) is 0 Å². The first-order valence-corrected chi connectivity index (χ1v) is 4.77. The van der Waals surface area contributed by atoms with E-state index in [2.05, 4.69) is 0 Å². The first-order valence-electron chi connectivity index (χ1n) is 4.77. The highest BCUT2D eigenvalue weighted by Gasteiger charge is 2.39. The van der Waals surface area contributed by atoms with Gasteiger partial charge >= 0.3 is 0 Å². The highest BCUT2D eigenvalue weighted by Crippen LogP contribution is 2.35. The molecule has 0 saturated heterocycles. The topological polar surface area (TPSA) is 107 Å². The van der Waals surface area contributed by atoms with Crippen LogP contribution in [0.5, 0.6) is 0 Å². The molecule has 17 heavy (non-hydrogen) atoms. The number of hydrogen-bond acceptors (Lipinski definition) is 5. The van der Waals surface area contributed by atoms with Crippen molar-refractivity contribution in [3.63, 3.8) is 0 Å². The molecule has 0 aliphatic carbocycles. The Morgan fingerprint density at radius 2 is 1.94 bits per heavy atom. The fraction of sp³-hybridized carbons (Fsp3) is 0.250. The van der Waals surface area contributed by atoms with Crippen molar-refractivity contribution in [3.8, 4) is 18.2 Å². The maximum Gasteiger partial charge on any atom is 0.207 e. The molecule has 0 saturated carbocycles. The summed E-state index contributed by atoms with van der Waals surface area (Å²) in [5.41, 5.74) is 4.63. The highest BCUT2D eigenvalue weighted by molar-refractivity contribution is 5.51. The van der Waals surface area contributed by atoms with Crippen molar-refractivity contribution in [2.24, 2.45) is 11.1 Å². The van der Waals surface area contributed by atoms with Gasteiger partial charge in [-0.3, -0.25) is 0 Å². The van der Waals surface area contributed by atoms with E-state index in [1.807, 2.05) is 13.8 Å². The molecule has 1 rings (SSSR count). The second-order valence-corrected chi connectivity index (χ2v) is 3.75. The van der Waals surface area contributed by atoms with Gasteiger partial charge in [0.15, 0.2) is 0 Å². The van der Waals surface area contributed by atoms with Crippen molar-refractivity contribution < 1.29 is 4.74 Å². The van der Waals surface area contributed by atoms with Gasteiger partial charge in [0, 0.05) is 0 Å². The van der Waals surface area contributed by atoms with Crippen LogP contribution in [0.1, 0.15) is 13.8 Å². The molecule has 0 fully saturated rings. The molecule has 1 heterocycles. The minimum Gasteiger partial charge on any atom is -0.441 e. The van der Waals surface area contributed by atoms with Gasteiger partial charge in [-0.2, -0.15) is 15.8 Å². The van der Waals surface area contributed by atoms with Crippen molar-refractivity contribution in [3.05, 3.63) is 34.9 Å². The average molecular weight is 226 g/mol. The molecule has 0 bridgehead atoms. The lowest BCUT2D eigenvalue weighted by atomic mass is 9.81. The first-order chi connectivity index (χ1) is 7.99. The summed E-state index contributed by atoms with van der Waals surface area (Å²) < 4.78 is 5.18. The molecule has 0 atom stereocenters. The second kappa shape index (κ2) is 4.43. The molecule has 0 amide bonds. The average Bonchev–Trinajstić information content (AvgIpc) is 2.27. The van der Waals surface area contributed by atoms with Gasteiger partial charge in [0.2, 0.25) is 11.3 Å². The lowest BCUT2D eigenvalue weighted by Crippen LogP contribution is -2.25. The zero-order valence-corrected chi connectivity index (χ0v) is 9.48. The number of nitrogens with zero attached hydrogens (tertiary/aromatic N) is 3. The molecule has 0 spiro atoms. The van der Waals surface area contributed by atoms with Crippen LogP contribution >= 0.6 is 0 Å². The fourth-order valence-corrected chi connectivity index (χ4v) is 1.39. The fourth-order valence-electron chi connectivity index (χ4n) is 1.39. The maximum atomic E-state index is 9.08. The van der Waals surface area contributed by atoms with E-state index in [1.54, 1.807) is 24.3 Å². The maximum absolute atomic E-state index is 9.08. The molecule has 0 unspecified atom stereocenters. The summed E-state index contributed by atoms with van der Waals surface area (Å²) in [7, 11) is 0. The van der Waals surface area contributed by atoms with Crippen LogP contribution < -0.4 is 5.73 Å². The minimum atomic E-state index is -1.67. The Kier molecular flexibility index (Phi) is 3.22. The van der Waals surface area contributed by atoms with Crippen molar-refractivity contribution >= 4 is 0 Å². The van der Waals surface area contributed by atoms with Gasteiger partial charge in [0.1, 0.15) is 17.4 Å². The smallest absolute Gasteiger partial charge is 0.207 e. The van der Waals surface area contributed by atoms with Crippen LogP contribution in [0.2, 0.25) is 0 Å². The van der Waals surface area contributed by atoms with E-state index in [4.69, 9.17) is 26.3 Å². The third-order valence-corrected chi connectivity index (χ3v) is 2.12. The van der Waals surface area contributed by atoms with E-state index in [0.29, 0.717) is 5.76 Å². The Morgan fingerprint density at radius 1 is 1.35 bits per heavy atom. The van der Waals surface area contributed by atoms with Crippen molar-refractivity contribution in [1.29, 1.82) is 15.8 Å². The molecule has 0 aromatic rings. The summed E-state index contributed by atoms with van der Waals surface area (Å²) >= 11 is 0. The van der Waals surface area contributed by atoms with Gasteiger partial charge in [-0.1, -0.05) is 5.57 Å². The number of allylic oxidation sites excluding steroid dienone is 4. The molecule has 84 valence electrons. The van der Waals surface area contributed by atoms with Crippen LogP contribution in [-0.4, -0.2) is 0 Å². The zero-order valence-electron chi connectivity index (χ0n) is 9.48. The molecule has 1 aliphatic heterocycles. The third-order valence-electron chi connectivity index (χ3n) is 2.12. The molecule has 0 aromatic carbocycles. The second-order valence-electron chi connectivity index (χ2n) is 3.75. The van der Waals surface area contributed by atoms with Gasteiger partial charge in [0.05, 0.1) is 12.1 Å². The number of hydrogen-bond donors (Lipinski definition) is 1. The van der Waals surface area contributed by atoms with E-state index in [1.165, 1.54) is 6.08 Å². The Morgan fingerprint density at radius 3 is 2.35 bits per heavy atom. The van der Waals surface area contributed by atoms with Gasteiger partial charge in [-0.15, -0.1) is 0 Å². The van der Waals surface area contributed by atoms with Gasteiger partial charge in [-0.25, -0.2) is 0 Å². The summed E-state index contributed by atoms with van der Waals surface area (Å²) in [4.78, 5) is 0. The highest BCUT2D eigenvalue weighted by atomic mass is 16.5. The van der Waals surface area contributed by atoms with Crippen molar-refractivity contribution in [2.45, 2.75) is 13.8 Å². The SMILES string of the molecule is CC(C)=CC1=CC(C#N)(C#N)C(C#N)=C(N)O1. The minimum absolute atomic E-state index is 0.173. The summed E-state index contributed by atoms with van der Waals surface area (Å²) in [5.74, 6) is 0.0928. The molecule has 1 aliphatic rings. The lowest BCUT2D eigenvalue weighted by Gasteiger charge is -2.22. The summed E-state index contributed by atoms with van der Waals surface area (Å²) in [5, 5.41) is 27.1. The Hall–Kier alpha value is -2.71. The lowest BCUT2D eigenvalue weighted by molar-refractivity contribution is 0.291. The Bertz CT molecular complexity index is 543. The van der Waals surface area contributed by atoms with Crippen LogP contribution in [0.3, 0.4) is 0 Å². The standard InChI is InChI=1S/C12H10N4O/c1-8(2)3-9-4-12(6-14,7-15)10(5-13)11(16)17-9/h3-4H,16H2,1-2H3. The molecule has 0 radical (unpaired) electrons. The number of nitrogens with two attached hydrogens (primary N) is 1. The number of ether oxygens (including phenoxy) is 1. The Balaban J connectivity index is 3.42. The van der Waals surface area contributed by atoms with Gasteiger partial charge < -0.3 is 10.5 Å². The first kappa shape index (κ1) is 12.4. The molecular weight excluding hydrogens is 216 g/mol. The van der Waals surface area contributed by atoms with Crippen molar-refractivity contribution in [1.82, 2.24) is 0 Å². The predicted molar refractivity (Wildman–Crippen MR) is 59.1 cm³/mol. The van der Waals surface area contributed by atoms with Crippen LogP contribution in [0.4, 0.5) is 0 Å². The molecule has 2 N–H and O–H groups in total. The van der Waals surface area contributed by atoms with Crippen LogP contribution in [0.15, 0.2) is 34.9 Å². The van der Waals surface area contributed by atoms with Crippen LogP contribution in [0.25, 0.3) is 0 Å². The predicted octanol–water partition coefficient (Wildman–Crippen LogP) is 1.59. The molecular formula is C12H10N4O. The van der Waals surface area contributed by atoms with E-state index in [0.717, 1.165) is 5.57 Å². The summed E-state index contributed by atoms with van der Waals surface area (Å²) in [6.07, 6.45) is 2.94. The van der Waals surface area contributed by atoms with Gasteiger partial charge in [-0.05, 0) is 26.0 Å². The monoisotopic (exact) mass is 226 g/mol. The summed E-state index contributed by atoms with van der Waals surface area (Å²) in [6.45, 7) is 3.68. The number of rotatable bonds is 1. The quantitative estimate of drug-likeness (QED) is 0.730. The van der Waals surface area contributed by atoms with Crippen LogP contribution in [0, 0.1) is 39.4 Å². The van der Waals surface area contributed by atoms with E-state index < -0.39 is 5.41 Å². The van der Waals surface area contributed by atoms with Crippen molar-refractivity contribution in [2.75, 3.05) is 0 Å². The molecule has 0 aromatic heterocycles. The molecule has 5 heteroatoms. The number of nitriles is 3. The molecule has 5 nitrogen and oxygen atoms in total. The van der Waals surface area contributed by atoms with Gasteiger partial charge in [0.25, 0.3) is 0 Å².